The first-order chi connectivity index (χ1) is 14.8. The quantitative estimate of drug-likeness (QED) is 0.239. The molecule has 0 fully saturated rings. The smallest absolute Gasteiger partial charge is 0.251 e. The van der Waals surface area contributed by atoms with Gasteiger partial charge in [-0.05, 0) is 56.7 Å². The third kappa shape index (κ3) is 3.71. The lowest BCUT2D eigenvalue weighted by molar-refractivity contribution is -0.115. The molecule has 4 rings (SSSR count). The van der Waals surface area contributed by atoms with Crippen LogP contribution in [0.4, 0.5) is 5.69 Å². The molecule has 3 aromatic rings. The molecule has 0 N–H and O–H groups in total. The highest BCUT2D eigenvalue weighted by atomic mass is 32.9. The Bertz CT molecular complexity index is 1250. The zero-order chi connectivity index (χ0) is 22.3. The molecule has 31 heavy (non-hydrogen) atoms. The number of carbonyl (C=O) groups is 1. The summed E-state index contributed by atoms with van der Waals surface area (Å²) in [5.74, 6) is 1.19. The molecule has 2 heterocycles. The van der Waals surface area contributed by atoms with Gasteiger partial charge in [0.15, 0.2) is 11.5 Å². The Kier molecular flexibility index (Phi) is 5.77. The topological polar surface area (TPSA) is 38.8 Å². The van der Waals surface area contributed by atoms with Crippen molar-refractivity contribution in [3.63, 3.8) is 0 Å². The molecular formula is C24H23NO3S3. The molecule has 7 heteroatoms. The number of nitrogens with zero attached hydrogens (tertiary/aromatic N) is 1. The summed E-state index contributed by atoms with van der Waals surface area (Å²) in [6, 6.07) is 11.8. The Morgan fingerprint density at radius 3 is 2.52 bits per heavy atom. The standard InChI is InChI=1S/C24H23NO3S3/c1-14-6-9-17-16(12-14)21-22(30-31-23(21)29)24(2,3)25(17)20(26)11-8-15-7-10-18(27-4)19(13-15)28-5/h6-13H,1-5H3/b11-8+. The molecule has 2 aromatic carbocycles. The zero-order valence-corrected chi connectivity index (χ0v) is 20.5. The van der Waals surface area contributed by atoms with Gasteiger partial charge in [-0.1, -0.05) is 50.6 Å². The second kappa shape index (κ2) is 8.22. The highest BCUT2D eigenvalue weighted by Crippen LogP contribution is 2.52. The minimum Gasteiger partial charge on any atom is -0.493 e. The van der Waals surface area contributed by atoms with E-state index in [1.54, 1.807) is 47.1 Å². The van der Waals surface area contributed by atoms with Crippen LogP contribution in [0.25, 0.3) is 17.2 Å². The van der Waals surface area contributed by atoms with E-state index in [1.165, 1.54) is 0 Å². The maximum atomic E-state index is 13.5. The van der Waals surface area contributed by atoms with Crippen molar-refractivity contribution in [2.24, 2.45) is 0 Å². The van der Waals surface area contributed by atoms with E-state index in [9.17, 15) is 4.79 Å². The number of amides is 1. The molecule has 0 atom stereocenters. The maximum Gasteiger partial charge on any atom is 0.251 e. The van der Waals surface area contributed by atoms with Crippen molar-refractivity contribution >= 4 is 50.6 Å². The highest BCUT2D eigenvalue weighted by molar-refractivity contribution is 7.80. The molecule has 160 valence electrons. The minimum atomic E-state index is -0.505. The molecule has 1 aromatic heterocycles. The van der Waals surface area contributed by atoms with Gasteiger partial charge in [-0.25, -0.2) is 0 Å². The predicted molar refractivity (Wildman–Crippen MR) is 132 cm³/mol. The summed E-state index contributed by atoms with van der Waals surface area (Å²) in [6.07, 6.45) is 3.42. The molecule has 1 amide bonds. The van der Waals surface area contributed by atoms with Crippen molar-refractivity contribution in [1.29, 1.82) is 0 Å². The summed E-state index contributed by atoms with van der Waals surface area (Å²) in [5.41, 5.74) is 4.52. The lowest BCUT2D eigenvalue weighted by atomic mass is 9.86. The number of hydrogen-bond acceptors (Lipinski definition) is 6. The van der Waals surface area contributed by atoms with Crippen LogP contribution in [0.1, 0.15) is 29.9 Å². The molecule has 4 nitrogen and oxygen atoms in total. The summed E-state index contributed by atoms with van der Waals surface area (Å²) in [7, 11) is 6.46. The van der Waals surface area contributed by atoms with Crippen LogP contribution < -0.4 is 14.4 Å². The first-order valence-corrected chi connectivity index (χ1v) is 12.3. The Labute approximate surface area is 194 Å². The number of hydrogen-bond donors (Lipinski definition) is 0. The largest absolute Gasteiger partial charge is 0.493 e. The monoisotopic (exact) mass is 469 g/mol. The molecule has 0 saturated carbocycles. The molecule has 0 spiro atoms. The van der Waals surface area contributed by atoms with Crippen molar-refractivity contribution in [3.05, 3.63) is 62.3 Å². The van der Waals surface area contributed by atoms with Crippen LogP contribution >= 0.6 is 32.9 Å². The third-order valence-electron chi connectivity index (χ3n) is 5.46. The fraction of sp³-hybridized carbons (Fsp3) is 0.250. The van der Waals surface area contributed by atoms with Crippen molar-refractivity contribution < 1.29 is 14.3 Å². The highest BCUT2D eigenvalue weighted by Gasteiger charge is 2.42. The molecule has 0 unspecified atom stereocenters. The Morgan fingerprint density at radius 1 is 1.06 bits per heavy atom. The van der Waals surface area contributed by atoms with Gasteiger partial charge < -0.3 is 9.47 Å². The average molecular weight is 470 g/mol. The minimum absolute atomic E-state index is 0.0835. The van der Waals surface area contributed by atoms with Gasteiger partial charge in [-0.3, -0.25) is 9.69 Å². The Balaban J connectivity index is 1.76. The van der Waals surface area contributed by atoms with E-state index in [-0.39, 0.29) is 5.91 Å². The van der Waals surface area contributed by atoms with Crippen molar-refractivity contribution in [1.82, 2.24) is 0 Å². The van der Waals surface area contributed by atoms with Crippen LogP contribution in [0, 0.1) is 10.7 Å². The first-order valence-electron chi connectivity index (χ1n) is 9.77. The number of anilines is 1. The number of carbonyl (C=O) groups excluding carboxylic acids is 1. The fourth-order valence-electron chi connectivity index (χ4n) is 3.94. The van der Waals surface area contributed by atoms with Crippen molar-refractivity contribution in [2.75, 3.05) is 19.1 Å². The van der Waals surface area contributed by atoms with E-state index in [1.807, 2.05) is 35.2 Å². The fourth-order valence-corrected chi connectivity index (χ4v) is 7.22. The number of methoxy groups -OCH3 is 2. The lowest BCUT2D eigenvalue weighted by Gasteiger charge is -2.42. The Morgan fingerprint density at radius 2 is 1.81 bits per heavy atom. The molecular weight excluding hydrogens is 446 g/mol. The van der Waals surface area contributed by atoms with E-state index in [0.29, 0.717) is 11.5 Å². The number of aryl methyl sites for hydroxylation is 1. The van der Waals surface area contributed by atoms with Gasteiger partial charge in [0.1, 0.15) is 3.82 Å². The first kappa shape index (κ1) is 21.7. The molecule has 1 aliphatic rings. The van der Waals surface area contributed by atoms with Gasteiger partial charge in [0, 0.05) is 17.2 Å². The van der Waals surface area contributed by atoms with Gasteiger partial charge in [0.2, 0.25) is 0 Å². The average Bonchev–Trinajstić information content (AvgIpc) is 3.15. The van der Waals surface area contributed by atoms with E-state index in [2.05, 4.69) is 26.8 Å². The zero-order valence-electron chi connectivity index (χ0n) is 18.0. The maximum absolute atomic E-state index is 13.5. The number of ether oxygens (including phenoxy) is 2. The molecule has 0 radical (unpaired) electrons. The molecule has 0 saturated heterocycles. The molecule has 1 aliphatic heterocycles. The summed E-state index contributed by atoms with van der Waals surface area (Å²) in [4.78, 5) is 16.5. The second-order valence-corrected chi connectivity index (χ2v) is 10.7. The van der Waals surface area contributed by atoms with Gasteiger partial charge in [-0.15, -0.1) is 0 Å². The molecule has 0 aliphatic carbocycles. The van der Waals surface area contributed by atoms with E-state index in [0.717, 1.165) is 36.6 Å². The van der Waals surface area contributed by atoms with Crippen LogP contribution in [0.15, 0.2) is 42.5 Å². The number of benzene rings is 2. The lowest BCUT2D eigenvalue weighted by Crippen LogP contribution is -2.47. The normalized spacial score (nSPS) is 14.3. The van der Waals surface area contributed by atoms with E-state index < -0.39 is 5.54 Å². The van der Waals surface area contributed by atoms with Crippen LogP contribution in [0.5, 0.6) is 11.5 Å². The summed E-state index contributed by atoms with van der Waals surface area (Å²) < 4.78 is 11.5. The van der Waals surface area contributed by atoms with E-state index >= 15 is 0 Å². The SMILES string of the molecule is COc1ccc(/C=C/C(=O)N2c3ccc(C)cc3-c3c(ssc3=S)C2(C)C)cc1OC. The van der Waals surface area contributed by atoms with Crippen LogP contribution in [0.2, 0.25) is 0 Å². The third-order valence-corrected chi connectivity index (χ3v) is 8.78. The van der Waals surface area contributed by atoms with Crippen molar-refractivity contribution in [3.8, 4) is 22.6 Å². The van der Waals surface area contributed by atoms with Crippen LogP contribution in [-0.2, 0) is 10.3 Å². The van der Waals surface area contributed by atoms with Gasteiger partial charge in [0.05, 0.1) is 30.3 Å². The number of fused-ring (bicyclic) bond motifs is 3. The molecule has 0 bridgehead atoms. The number of rotatable bonds is 4. The van der Waals surface area contributed by atoms with Gasteiger partial charge in [0.25, 0.3) is 5.91 Å². The van der Waals surface area contributed by atoms with E-state index in [4.69, 9.17) is 21.7 Å². The summed E-state index contributed by atoms with van der Waals surface area (Å²) in [6.45, 7) is 6.21. The van der Waals surface area contributed by atoms with Crippen LogP contribution in [-0.4, -0.2) is 20.1 Å². The van der Waals surface area contributed by atoms with Crippen LogP contribution in [0.3, 0.4) is 0 Å². The predicted octanol–water partition coefficient (Wildman–Crippen LogP) is 6.83. The van der Waals surface area contributed by atoms with Crippen molar-refractivity contribution in [2.45, 2.75) is 26.3 Å². The second-order valence-electron chi connectivity index (χ2n) is 7.86. The van der Waals surface area contributed by atoms with Gasteiger partial charge in [-0.2, -0.15) is 0 Å². The summed E-state index contributed by atoms with van der Waals surface area (Å²) in [5, 5.41) is 0. The van der Waals surface area contributed by atoms with Gasteiger partial charge >= 0.3 is 0 Å². The Hall–Kier alpha value is -2.48. The summed E-state index contributed by atoms with van der Waals surface area (Å²) >= 11 is 5.65.